The third-order valence-electron chi connectivity index (χ3n) is 3.84. The van der Waals surface area contributed by atoms with Crippen LogP contribution < -0.4 is 0 Å². The molecule has 6 nitrogen and oxygen atoms in total. The Morgan fingerprint density at radius 3 is 2.52 bits per heavy atom. The molecule has 0 saturated heterocycles. The molecule has 1 aromatic carbocycles. The molecule has 0 unspecified atom stereocenters. The van der Waals surface area contributed by atoms with E-state index in [1.807, 2.05) is 32.0 Å². The van der Waals surface area contributed by atoms with Gasteiger partial charge in [-0.15, -0.1) is 10.2 Å². The van der Waals surface area contributed by atoms with E-state index in [-0.39, 0.29) is 29.2 Å². The van der Waals surface area contributed by atoms with E-state index in [2.05, 4.69) is 10.2 Å². The predicted octanol–water partition coefficient (Wildman–Crippen LogP) is 4.63. The van der Waals surface area contributed by atoms with Gasteiger partial charge in [0.1, 0.15) is 12.3 Å². The zero-order valence-electron chi connectivity index (χ0n) is 15.7. The summed E-state index contributed by atoms with van der Waals surface area (Å²) in [7, 11) is 0. The van der Waals surface area contributed by atoms with Crippen molar-refractivity contribution < 1.29 is 26.8 Å². The second-order valence-electron chi connectivity index (χ2n) is 6.48. The summed E-state index contributed by atoms with van der Waals surface area (Å²) in [5.74, 6) is -0.433. The smallest absolute Gasteiger partial charge is 0.406 e. The number of aromatic nitrogens is 2. The fraction of sp³-hybridized carbons (Fsp3) is 0.316. The van der Waals surface area contributed by atoms with E-state index in [9.17, 15) is 18.0 Å². The van der Waals surface area contributed by atoms with Gasteiger partial charge >= 0.3 is 6.18 Å². The van der Waals surface area contributed by atoms with Crippen LogP contribution in [0.4, 0.5) is 13.2 Å². The zero-order chi connectivity index (χ0) is 21.0. The Morgan fingerprint density at radius 1 is 1.17 bits per heavy atom. The van der Waals surface area contributed by atoms with E-state index in [4.69, 9.17) is 8.83 Å². The number of halogens is 3. The number of hydrogen-bond acceptors (Lipinski definition) is 6. The lowest BCUT2D eigenvalue weighted by Gasteiger charge is -2.22. The lowest BCUT2D eigenvalue weighted by atomic mass is 10.1. The van der Waals surface area contributed by atoms with E-state index in [0.29, 0.717) is 4.90 Å². The molecule has 0 N–H and O–H groups in total. The third kappa shape index (κ3) is 6.11. The van der Waals surface area contributed by atoms with Gasteiger partial charge in [-0.05, 0) is 38.1 Å². The van der Waals surface area contributed by atoms with Gasteiger partial charge in [0.25, 0.3) is 5.22 Å². The van der Waals surface area contributed by atoms with Gasteiger partial charge in [0.05, 0.1) is 18.6 Å². The van der Waals surface area contributed by atoms with Crippen LogP contribution in [0.2, 0.25) is 0 Å². The number of hydrogen-bond donors (Lipinski definition) is 0. The first-order chi connectivity index (χ1) is 13.7. The number of amides is 1. The molecule has 29 heavy (non-hydrogen) atoms. The zero-order valence-corrected chi connectivity index (χ0v) is 16.5. The Bertz CT molecular complexity index is 950. The molecule has 0 aliphatic heterocycles. The fourth-order valence-corrected chi connectivity index (χ4v) is 3.40. The first kappa shape index (κ1) is 21.0. The van der Waals surface area contributed by atoms with Crippen molar-refractivity contribution in [3.63, 3.8) is 0 Å². The minimum absolute atomic E-state index is 0.109. The van der Waals surface area contributed by atoms with E-state index in [0.717, 1.165) is 28.5 Å². The maximum Gasteiger partial charge on any atom is 0.406 e. The minimum Gasteiger partial charge on any atom is -0.467 e. The average Bonchev–Trinajstić information content (AvgIpc) is 3.29. The normalized spacial score (nSPS) is 11.6. The lowest BCUT2D eigenvalue weighted by Crippen LogP contribution is -2.39. The van der Waals surface area contributed by atoms with Gasteiger partial charge in [0.15, 0.2) is 0 Å². The highest BCUT2D eigenvalue weighted by Crippen LogP contribution is 2.26. The van der Waals surface area contributed by atoms with Crippen LogP contribution in [0.1, 0.15) is 16.9 Å². The molecule has 0 fully saturated rings. The molecule has 0 aliphatic rings. The molecule has 3 rings (SSSR count). The van der Waals surface area contributed by atoms with Crippen LogP contribution in [-0.2, 0) is 11.3 Å². The maximum atomic E-state index is 12.8. The molecule has 2 aromatic heterocycles. The van der Waals surface area contributed by atoms with Crippen LogP contribution in [-0.4, -0.2) is 39.5 Å². The van der Waals surface area contributed by atoms with E-state index < -0.39 is 18.6 Å². The van der Waals surface area contributed by atoms with Gasteiger partial charge in [-0.2, -0.15) is 13.2 Å². The van der Waals surface area contributed by atoms with Crippen LogP contribution in [0.5, 0.6) is 0 Å². The molecular weight excluding hydrogens is 407 g/mol. The average molecular weight is 425 g/mol. The highest BCUT2D eigenvalue weighted by Gasteiger charge is 2.33. The number of carbonyl (C=O) groups excluding carboxylic acids is 1. The Balaban J connectivity index is 1.65. The van der Waals surface area contributed by atoms with Crippen LogP contribution in [0.15, 0.2) is 50.7 Å². The second-order valence-corrected chi connectivity index (χ2v) is 7.41. The van der Waals surface area contributed by atoms with Crippen molar-refractivity contribution in [2.24, 2.45) is 0 Å². The Labute approximate surface area is 169 Å². The first-order valence-corrected chi connectivity index (χ1v) is 9.60. The number of thioether (sulfide) groups is 1. The lowest BCUT2D eigenvalue weighted by molar-refractivity contribution is -0.161. The van der Waals surface area contributed by atoms with Gasteiger partial charge in [0.2, 0.25) is 11.8 Å². The summed E-state index contributed by atoms with van der Waals surface area (Å²) >= 11 is 0.890. The number of aryl methyl sites for hydroxylation is 2. The molecule has 0 spiro atoms. The highest BCUT2D eigenvalue weighted by molar-refractivity contribution is 7.99. The fourth-order valence-electron chi connectivity index (χ4n) is 2.74. The second kappa shape index (κ2) is 8.73. The van der Waals surface area contributed by atoms with Gasteiger partial charge in [-0.3, -0.25) is 4.79 Å². The van der Waals surface area contributed by atoms with Crippen LogP contribution in [0.25, 0.3) is 11.5 Å². The summed E-state index contributed by atoms with van der Waals surface area (Å²) in [6.07, 6.45) is -3.18. The number of furan rings is 1. The number of alkyl halides is 3. The summed E-state index contributed by atoms with van der Waals surface area (Å²) in [5.41, 5.74) is 2.80. The van der Waals surface area contributed by atoms with E-state index in [1.165, 1.54) is 12.3 Å². The molecule has 3 aromatic rings. The molecule has 0 atom stereocenters. The number of nitrogens with zero attached hydrogens (tertiary/aromatic N) is 3. The predicted molar refractivity (Wildman–Crippen MR) is 100 cm³/mol. The van der Waals surface area contributed by atoms with Crippen molar-refractivity contribution in [1.29, 1.82) is 0 Å². The molecule has 0 saturated carbocycles. The Hall–Kier alpha value is -2.75. The maximum absolute atomic E-state index is 12.8. The minimum atomic E-state index is -4.52. The number of carbonyl (C=O) groups is 1. The third-order valence-corrected chi connectivity index (χ3v) is 4.65. The van der Waals surface area contributed by atoms with Crippen molar-refractivity contribution in [2.75, 3.05) is 12.3 Å². The van der Waals surface area contributed by atoms with E-state index in [1.54, 1.807) is 6.07 Å². The van der Waals surface area contributed by atoms with Gasteiger partial charge in [-0.1, -0.05) is 29.0 Å². The quantitative estimate of drug-likeness (QED) is 0.514. The Kier molecular flexibility index (Phi) is 6.31. The van der Waals surface area contributed by atoms with Gasteiger partial charge < -0.3 is 13.7 Å². The van der Waals surface area contributed by atoms with Crippen LogP contribution in [0, 0.1) is 13.8 Å². The standard InChI is InChI=1S/C19H18F3N3O3S/c1-12-6-13(2)8-14(7-12)17-23-24-18(28-17)29-10-16(26)25(11-19(20,21)22)9-15-4-3-5-27-15/h3-8H,9-11H2,1-2H3. The first-order valence-electron chi connectivity index (χ1n) is 8.61. The molecule has 10 heteroatoms. The van der Waals surface area contributed by atoms with Crippen molar-refractivity contribution >= 4 is 17.7 Å². The highest BCUT2D eigenvalue weighted by atomic mass is 32.2. The number of benzene rings is 1. The largest absolute Gasteiger partial charge is 0.467 e. The van der Waals surface area contributed by atoms with Crippen molar-refractivity contribution in [3.05, 3.63) is 53.5 Å². The van der Waals surface area contributed by atoms with Crippen molar-refractivity contribution in [2.45, 2.75) is 31.8 Å². The van der Waals surface area contributed by atoms with E-state index >= 15 is 0 Å². The van der Waals surface area contributed by atoms with Crippen LogP contribution >= 0.6 is 11.8 Å². The van der Waals surface area contributed by atoms with Crippen molar-refractivity contribution in [3.8, 4) is 11.5 Å². The number of rotatable bonds is 7. The van der Waals surface area contributed by atoms with Crippen molar-refractivity contribution in [1.82, 2.24) is 15.1 Å². The summed E-state index contributed by atoms with van der Waals surface area (Å²) < 4.78 is 49.1. The molecule has 1 amide bonds. The molecule has 2 heterocycles. The summed E-state index contributed by atoms with van der Waals surface area (Å²) in [6.45, 7) is 2.24. The SMILES string of the molecule is Cc1cc(C)cc(-c2nnc(SCC(=O)N(Cc3ccco3)CC(F)(F)F)o2)c1. The molecule has 154 valence electrons. The summed E-state index contributed by atoms with van der Waals surface area (Å²) in [4.78, 5) is 13.0. The topological polar surface area (TPSA) is 72.4 Å². The molecule has 0 aliphatic carbocycles. The summed E-state index contributed by atoms with van der Waals surface area (Å²) in [5, 5.41) is 7.93. The Morgan fingerprint density at radius 2 is 1.90 bits per heavy atom. The molecule has 0 radical (unpaired) electrons. The molecule has 0 bridgehead atoms. The van der Waals surface area contributed by atoms with Gasteiger partial charge in [0, 0.05) is 5.56 Å². The van der Waals surface area contributed by atoms with Gasteiger partial charge in [-0.25, -0.2) is 0 Å². The summed E-state index contributed by atoms with van der Waals surface area (Å²) in [6, 6.07) is 8.83. The van der Waals surface area contributed by atoms with Crippen LogP contribution in [0.3, 0.4) is 0 Å². The molecular formula is C19H18F3N3O3S. The monoisotopic (exact) mass is 425 g/mol.